The zero-order chi connectivity index (χ0) is 25.2. The summed E-state index contributed by atoms with van der Waals surface area (Å²) in [6.45, 7) is 2.27. The molecule has 2 aromatic rings. The van der Waals surface area contributed by atoms with Crippen molar-refractivity contribution in [2.24, 2.45) is 0 Å². The van der Waals surface area contributed by atoms with Crippen molar-refractivity contribution in [3.05, 3.63) is 71.3 Å². The van der Waals surface area contributed by atoms with E-state index in [0.29, 0.717) is 18.7 Å². The molecular weight excluding hydrogens is 444 g/mol. The molecule has 0 aromatic heterocycles. The molecule has 0 radical (unpaired) electrons. The van der Waals surface area contributed by atoms with Gasteiger partial charge in [-0.2, -0.15) is 0 Å². The molecule has 186 valence electrons. The monoisotopic (exact) mass is 478 g/mol. The quantitative estimate of drug-likeness (QED) is 0.398. The largest absolute Gasteiger partial charge is 0.507 e. The van der Waals surface area contributed by atoms with Gasteiger partial charge in [0.05, 0.1) is 19.2 Å². The smallest absolute Gasteiger partial charge is 0.247 e. The van der Waals surface area contributed by atoms with Crippen molar-refractivity contribution >= 4 is 17.6 Å². The number of aromatic hydroxyl groups is 1. The Hall–Kier alpha value is -3.61. The maximum Gasteiger partial charge on any atom is 0.247 e. The highest BCUT2D eigenvalue weighted by Crippen LogP contribution is 2.24. The van der Waals surface area contributed by atoms with E-state index >= 15 is 0 Å². The van der Waals surface area contributed by atoms with Crippen LogP contribution in [0.15, 0.2) is 54.6 Å². The minimum Gasteiger partial charge on any atom is -0.507 e. The van der Waals surface area contributed by atoms with E-state index in [-0.39, 0.29) is 29.8 Å². The molecular formula is C28H34N2O5. The number of hydrogen-bond acceptors (Lipinski definition) is 5. The van der Waals surface area contributed by atoms with Gasteiger partial charge in [0, 0.05) is 24.7 Å². The van der Waals surface area contributed by atoms with Gasteiger partial charge in [0.25, 0.3) is 0 Å². The van der Waals surface area contributed by atoms with Gasteiger partial charge in [-0.1, -0.05) is 49.1 Å². The minimum absolute atomic E-state index is 0.0659. The molecule has 2 aromatic carbocycles. The van der Waals surface area contributed by atoms with E-state index in [4.69, 9.17) is 4.74 Å². The Labute approximate surface area is 206 Å². The SMILES string of the molecule is COc1ccc(C(=O)C=CC(=O)N(CCc2cccc(C)c2)CC(=O)NC2CCCCC2)c(O)c1. The van der Waals surface area contributed by atoms with E-state index in [1.807, 2.05) is 25.1 Å². The molecule has 0 spiro atoms. The van der Waals surface area contributed by atoms with Crippen LogP contribution >= 0.6 is 0 Å². The number of hydrogen-bond donors (Lipinski definition) is 2. The second kappa shape index (κ2) is 12.7. The summed E-state index contributed by atoms with van der Waals surface area (Å²) >= 11 is 0. The number of benzene rings is 2. The summed E-state index contributed by atoms with van der Waals surface area (Å²) in [5.41, 5.74) is 2.26. The molecule has 2 amide bonds. The number of nitrogens with one attached hydrogen (secondary N) is 1. The molecule has 0 heterocycles. The lowest BCUT2D eigenvalue weighted by Crippen LogP contribution is -2.45. The molecule has 1 aliphatic carbocycles. The molecule has 1 aliphatic rings. The third-order valence-electron chi connectivity index (χ3n) is 6.22. The fraction of sp³-hybridized carbons (Fsp3) is 0.393. The standard InChI is InChI=1S/C28H34N2O5/c1-20-7-6-8-21(17-20)15-16-30(19-27(33)29-22-9-4-3-5-10-22)28(34)14-13-25(31)24-12-11-23(35-2)18-26(24)32/h6-8,11-14,17-18,22,32H,3-5,9-10,15-16,19H2,1-2H3,(H,29,33). The van der Waals surface area contributed by atoms with Gasteiger partial charge in [-0.15, -0.1) is 0 Å². The zero-order valence-corrected chi connectivity index (χ0v) is 20.5. The second-order valence-electron chi connectivity index (χ2n) is 8.98. The normalized spacial score (nSPS) is 14.0. The third-order valence-corrected chi connectivity index (χ3v) is 6.22. The molecule has 1 saturated carbocycles. The van der Waals surface area contributed by atoms with Crippen molar-refractivity contribution in [3.63, 3.8) is 0 Å². The lowest BCUT2D eigenvalue weighted by molar-refractivity contribution is -0.132. The summed E-state index contributed by atoms with van der Waals surface area (Å²) in [7, 11) is 1.46. The van der Waals surface area contributed by atoms with Gasteiger partial charge in [-0.3, -0.25) is 14.4 Å². The number of phenols is 1. The number of methoxy groups -OCH3 is 1. The highest BCUT2D eigenvalue weighted by atomic mass is 16.5. The van der Waals surface area contributed by atoms with Gasteiger partial charge in [-0.25, -0.2) is 0 Å². The van der Waals surface area contributed by atoms with E-state index in [1.165, 1.54) is 30.6 Å². The number of carbonyl (C=O) groups excluding carboxylic acids is 3. The van der Waals surface area contributed by atoms with Crippen LogP contribution in [0.3, 0.4) is 0 Å². The van der Waals surface area contributed by atoms with E-state index in [9.17, 15) is 19.5 Å². The van der Waals surface area contributed by atoms with Crippen LogP contribution in [0.2, 0.25) is 0 Å². The maximum absolute atomic E-state index is 13.0. The van der Waals surface area contributed by atoms with Crippen LogP contribution < -0.4 is 10.1 Å². The van der Waals surface area contributed by atoms with Crippen molar-refractivity contribution in [2.75, 3.05) is 20.2 Å². The second-order valence-corrected chi connectivity index (χ2v) is 8.98. The molecule has 35 heavy (non-hydrogen) atoms. The molecule has 3 rings (SSSR count). The molecule has 7 nitrogen and oxygen atoms in total. The average molecular weight is 479 g/mol. The first kappa shape index (κ1) is 26.0. The number of amides is 2. The van der Waals surface area contributed by atoms with Gasteiger partial charge in [-0.05, 0) is 50.0 Å². The first-order valence-corrected chi connectivity index (χ1v) is 12.1. The van der Waals surface area contributed by atoms with Crippen molar-refractivity contribution in [1.82, 2.24) is 10.2 Å². The summed E-state index contributed by atoms with van der Waals surface area (Å²) in [5.74, 6) is -0.941. The van der Waals surface area contributed by atoms with Gasteiger partial charge in [0.15, 0.2) is 5.78 Å². The number of carbonyl (C=O) groups is 3. The lowest BCUT2D eigenvalue weighted by atomic mass is 9.95. The van der Waals surface area contributed by atoms with Gasteiger partial charge in [0.1, 0.15) is 11.5 Å². The van der Waals surface area contributed by atoms with Crippen LogP contribution in [0.5, 0.6) is 11.5 Å². The number of rotatable bonds is 10. The maximum atomic E-state index is 13.0. The zero-order valence-electron chi connectivity index (χ0n) is 20.5. The number of allylic oxidation sites excluding steroid dienone is 1. The Morgan fingerprint density at radius 1 is 1.09 bits per heavy atom. The summed E-state index contributed by atoms with van der Waals surface area (Å²) in [6.07, 6.45) is 8.19. The molecule has 0 saturated heterocycles. The predicted octanol–water partition coefficient (Wildman–Crippen LogP) is 3.97. The summed E-state index contributed by atoms with van der Waals surface area (Å²) in [4.78, 5) is 39.7. The fourth-order valence-electron chi connectivity index (χ4n) is 4.28. The molecule has 7 heteroatoms. The van der Waals surface area contributed by atoms with Crippen LogP contribution in [-0.2, 0) is 16.0 Å². The third kappa shape index (κ3) is 7.98. The molecule has 2 N–H and O–H groups in total. The van der Waals surface area contributed by atoms with E-state index in [2.05, 4.69) is 11.4 Å². The first-order chi connectivity index (χ1) is 16.9. The fourth-order valence-corrected chi connectivity index (χ4v) is 4.28. The Kier molecular flexibility index (Phi) is 9.47. The summed E-state index contributed by atoms with van der Waals surface area (Å²) < 4.78 is 5.03. The molecule has 0 unspecified atom stereocenters. The Bertz CT molecular complexity index is 1070. The van der Waals surface area contributed by atoms with Crippen molar-refractivity contribution in [3.8, 4) is 11.5 Å². The van der Waals surface area contributed by atoms with E-state index in [1.54, 1.807) is 6.07 Å². The van der Waals surface area contributed by atoms with Gasteiger partial charge in [0.2, 0.25) is 11.8 Å². The van der Waals surface area contributed by atoms with Gasteiger partial charge >= 0.3 is 0 Å². The molecule has 1 fully saturated rings. The molecule has 0 bridgehead atoms. The topological polar surface area (TPSA) is 95.9 Å². The number of ketones is 1. The average Bonchev–Trinajstić information content (AvgIpc) is 2.85. The number of ether oxygens (including phenoxy) is 1. The lowest BCUT2D eigenvalue weighted by Gasteiger charge is -2.25. The number of phenolic OH excluding ortho intramolecular Hbond substituents is 1. The van der Waals surface area contributed by atoms with Crippen LogP contribution in [0.25, 0.3) is 0 Å². The van der Waals surface area contributed by atoms with Crippen LogP contribution in [-0.4, -0.2) is 53.8 Å². The summed E-state index contributed by atoms with van der Waals surface area (Å²) in [6, 6.07) is 12.5. The molecule has 0 atom stereocenters. The number of nitrogens with zero attached hydrogens (tertiary/aromatic N) is 1. The highest BCUT2D eigenvalue weighted by Gasteiger charge is 2.20. The summed E-state index contributed by atoms with van der Waals surface area (Å²) in [5, 5.41) is 13.1. The first-order valence-electron chi connectivity index (χ1n) is 12.1. The predicted molar refractivity (Wildman–Crippen MR) is 135 cm³/mol. The highest BCUT2D eigenvalue weighted by molar-refractivity contribution is 6.09. The van der Waals surface area contributed by atoms with Crippen LogP contribution in [0, 0.1) is 6.92 Å². The van der Waals surface area contributed by atoms with Gasteiger partial charge < -0.3 is 20.1 Å². The van der Waals surface area contributed by atoms with Crippen molar-refractivity contribution in [2.45, 2.75) is 51.5 Å². The van der Waals surface area contributed by atoms with E-state index < -0.39 is 11.7 Å². The van der Waals surface area contributed by atoms with Crippen molar-refractivity contribution in [1.29, 1.82) is 0 Å². The van der Waals surface area contributed by atoms with Crippen LogP contribution in [0.4, 0.5) is 0 Å². The molecule has 0 aliphatic heterocycles. The van der Waals surface area contributed by atoms with E-state index in [0.717, 1.165) is 49.0 Å². The number of aryl methyl sites for hydroxylation is 1. The minimum atomic E-state index is -0.510. The van der Waals surface area contributed by atoms with Crippen LogP contribution in [0.1, 0.15) is 53.6 Å². The Balaban J connectivity index is 1.68. The Morgan fingerprint density at radius 3 is 2.54 bits per heavy atom. The Morgan fingerprint density at radius 2 is 1.86 bits per heavy atom. The van der Waals surface area contributed by atoms with Crippen molar-refractivity contribution < 1.29 is 24.2 Å².